The van der Waals surface area contributed by atoms with Gasteiger partial charge >= 0.3 is 6.03 Å². The van der Waals surface area contributed by atoms with Gasteiger partial charge in [-0.05, 0) is 42.2 Å². The molecule has 7 heteroatoms. The molecule has 2 aliphatic rings. The summed E-state index contributed by atoms with van der Waals surface area (Å²) in [6, 6.07) is 14.7. The molecule has 4 rings (SSSR count). The van der Waals surface area contributed by atoms with Crippen LogP contribution in [0.1, 0.15) is 23.6 Å². The molecule has 2 heterocycles. The molecule has 28 heavy (non-hydrogen) atoms. The highest BCUT2D eigenvalue weighted by atomic mass is 79.9. The number of carbonyl (C=O) groups excluding carboxylic acids is 3. The topological polar surface area (TPSA) is 69.7 Å². The summed E-state index contributed by atoms with van der Waals surface area (Å²) < 4.78 is 0.815. The molecule has 1 N–H and O–H groups in total. The van der Waals surface area contributed by atoms with Crippen molar-refractivity contribution < 1.29 is 14.4 Å². The van der Waals surface area contributed by atoms with E-state index in [1.165, 1.54) is 5.56 Å². The Hall–Kier alpha value is -2.67. The van der Waals surface area contributed by atoms with E-state index >= 15 is 0 Å². The molecule has 1 fully saturated rings. The number of hydrogen-bond acceptors (Lipinski definition) is 3. The van der Waals surface area contributed by atoms with E-state index in [9.17, 15) is 14.4 Å². The summed E-state index contributed by atoms with van der Waals surface area (Å²) in [7, 11) is 0. The Labute approximate surface area is 171 Å². The number of benzene rings is 2. The Bertz CT molecular complexity index is 977. The Morgan fingerprint density at radius 2 is 1.89 bits per heavy atom. The zero-order valence-electron chi connectivity index (χ0n) is 15.4. The minimum atomic E-state index is -1.18. The molecule has 2 aromatic carbocycles. The SMILES string of the molecule is C[C@]1(c2cccc(Br)c2)NC(=O)N(CC(=O)N2CCc3ccccc3C2)C1=O. The maximum absolute atomic E-state index is 13.0. The summed E-state index contributed by atoms with van der Waals surface area (Å²) in [4.78, 5) is 41.0. The lowest BCUT2D eigenvalue weighted by atomic mass is 9.92. The van der Waals surface area contributed by atoms with Crippen molar-refractivity contribution >= 4 is 33.8 Å². The van der Waals surface area contributed by atoms with Crippen LogP contribution in [0.5, 0.6) is 0 Å². The summed E-state index contributed by atoms with van der Waals surface area (Å²) in [6.45, 7) is 2.50. The molecule has 0 saturated carbocycles. The molecule has 0 aromatic heterocycles. The van der Waals surface area contributed by atoms with E-state index in [2.05, 4.69) is 27.3 Å². The Morgan fingerprint density at radius 1 is 1.14 bits per heavy atom. The van der Waals surface area contributed by atoms with Crippen molar-refractivity contribution in [1.82, 2.24) is 15.1 Å². The molecule has 0 radical (unpaired) electrons. The summed E-state index contributed by atoms with van der Waals surface area (Å²) >= 11 is 3.39. The number of hydrogen-bond donors (Lipinski definition) is 1. The third kappa shape index (κ3) is 3.20. The number of carbonyl (C=O) groups is 3. The standard InChI is InChI=1S/C21H20BrN3O3/c1-21(16-7-4-8-17(22)11-16)19(27)25(20(28)23-21)13-18(26)24-10-9-14-5-2-3-6-15(14)12-24/h2-8,11H,9-10,12-13H2,1H3,(H,23,28)/t21-/m1/s1. The Balaban J connectivity index is 1.50. The van der Waals surface area contributed by atoms with Crippen LogP contribution in [-0.4, -0.2) is 40.7 Å². The average Bonchev–Trinajstić information content (AvgIpc) is 2.91. The lowest BCUT2D eigenvalue weighted by Gasteiger charge is -2.30. The van der Waals surface area contributed by atoms with E-state index in [0.717, 1.165) is 21.4 Å². The maximum Gasteiger partial charge on any atom is 0.325 e. The van der Waals surface area contributed by atoms with Crippen molar-refractivity contribution in [3.8, 4) is 0 Å². The number of rotatable bonds is 3. The third-order valence-electron chi connectivity index (χ3n) is 5.45. The van der Waals surface area contributed by atoms with Gasteiger partial charge in [0.2, 0.25) is 5.91 Å². The number of imide groups is 1. The smallest absolute Gasteiger partial charge is 0.325 e. The Morgan fingerprint density at radius 3 is 2.64 bits per heavy atom. The number of nitrogens with zero attached hydrogens (tertiary/aromatic N) is 2. The number of nitrogens with one attached hydrogen (secondary N) is 1. The fourth-order valence-corrected chi connectivity index (χ4v) is 4.18. The highest BCUT2D eigenvalue weighted by molar-refractivity contribution is 9.10. The van der Waals surface area contributed by atoms with E-state index < -0.39 is 17.5 Å². The van der Waals surface area contributed by atoms with Crippen molar-refractivity contribution in [2.24, 2.45) is 0 Å². The zero-order valence-corrected chi connectivity index (χ0v) is 17.0. The van der Waals surface area contributed by atoms with Gasteiger partial charge in [-0.3, -0.25) is 14.5 Å². The van der Waals surface area contributed by atoms with Crippen molar-refractivity contribution in [1.29, 1.82) is 0 Å². The Kier molecular flexibility index (Phi) is 4.71. The highest BCUT2D eigenvalue weighted by Crippen LogP contribution is 2.30. The van der Waals surface area contributed by atoms with Crippen LogP contribution in [0.25, 0.3) is 0 Å². The van der Waals surface area contributed by atoms with E-state index in [1.54, 1.807) is 24.0 Å². The fourth-order valence-electron chi connectivity index (χ4n) is 3.78. The summed E-state index contributed by atoms with van der Waals surface area (Å²) in [5.41, 5.74) is 1.83. The van der Waals surface area contributed by atoms with Gasteiger partial charge in [0.25, 0.3) is 5.91 Å². The number of urea groups is 1. The van der Waals surface area contributed by atoms with Crippen LogP contribution in [0.3, 0.4) is 0 Å². The van der Waals surface area contributed by atoms with Gasteiger partial charge in [-0.25, -0.2) is 4.79 Å². The van der Waals surface area contributed by atoms with Gasteiger partial charge in [0.1, 0.15) is 12.1 Å². The largest absolute Gasteiger partial charge is 0.336 e. The number of halogens is 1. The van der Waals surface area contributed by atoms with Crippen LogP contribution >= 0.6 is 15.9 Å². The van der Waals surface area contributed by atoms with Crippen LogP contribution in [0.15, 0.2) is 53.0 Å². The van der Waals surface area contributed by atoms with Gasteiger partial charge < -0.3 is 10.2 Å². The van der Waals surface area contributed by atoms with E-state index in [1.807, 2.05) is 30.3 Å². The van der Waals surface area contributed by atoms with Crippen LogP contribution < -0.4 is 5.32 Å². The molecule has 144 valence electrons. The first-order valence-corrected chi connectivity index (χ1v) is 9.92. The fraction of sp³-hybridized carbons (Fsp3) is 0.286. The molecule has 0 unspecified atom stereocenters. The van der Waals surface area contributed by atoms with Gasteiger partial charge in [-0.2, -0.15) is 0 Å². The monoisotopic (exact) mass is 441 g/mol. The molecule has 1 atom stereocenters. The lowest BCUT2D eigenvalue weighted by Crippen LogP contribution is -2.45. The number of fused-ring (bicyclic) bond motifs is 1. The molecule has 1 saturated heterocycles. The minimum Gasteiger partial charge on any atom is -0.336 e. The first-order chi connectivity index (χ1) is 13.4. The second-order valence-electron chi connectivity index (χ2n) is 7.29. The van der Waals surface area contributed by atoms with Crippen molar-refractivity contribution in [2.75, 3.05) is 13.1 Å². The summed E-state index contributed by atoms with van der Waals surface area (Å²) in [5, 5.41) is 2.74. The van der Waals surface area contributed by atoms with Crippen molar-refractivity contribution in [2.45, 2.75) is 25.4 Å². The number of amides is 4. The maximum atomic E-state index is 13.0. The van der Waals surface area contributed by atoms with E-state index in [4.69, 9.17) is 0 Å². The van der Waals surface area contributed by atoms with Crippen molar-refractivity contribution in [3.05, 3.63) is 69.7 Å². The normalized spacial score (nSPS) is 21.5. The van der Waals surface area contributed by atoms with Gasteiger partial charge in [-0.1, -0.05) is 52.3 Å². The van der Waals surface area contributed by atoms with Gasteiger partial charge in [-0.15, -0.1) is 0 Å². The van der Waals surface area contributed by atoms with Gasteiger partial charge in [0.15, 0.2) is 0 Å². The quantitative estimate of drug-likeness (QED) is 0.744. The summed E-state index contributed by atoms with van der Waals surface area (Å²) in [5.74, 6) is -0.641. The summed E-state index contributed by atoms with van der Waals surface area (Å²) in [6.07, 6.45) is 0.776. The van der Waals surface area contributed by atoms with E-state index in [0.29, 0.717) is 18.7 Å². The minimum absolute atomic E-state index is 0.225. The molecule has 0 bridgehead atoms. The molecule has 0 spiro atoms. The first-order valence-electron chi connectivity index (χ1n) is 9.13. The molecule has 6 nitrogen and oxygen atoms in total. The van der Waals surface area contributed by atoms with Gasteiger partial charge in [0.05, 0.1) is 0 Å². The van der Waals surface area contributed by atoms with Crippen LogP contribution in [0.4, 0.5) is 4.79 Å². The average molecular weight is 442 g/mol. The highest BCUT2D eigenvalue weighted by Gasteiger charge is 2.49. The van der Waals surface area contributed by atoms with E-state index in [-0.39, 0.29) is 12.5 Å². The third-order valence-corrected chi connectivity index (χ3v) is 5.95. The lowest BCUT2D eigenvalue weighted by molar-refractivity contribution is -0.139. The molecular formula is C21H20BrN3O3. The van der Waals surface area contributed by atoms with Crippen LogP contribution in [-0.2, 0) is 28.1 Å². The second-order valence-corrected chi connectivity index (χ2v) is 8.21. The predicted octanol–water partition coefficient (Wildman–Crippen LogP) is 2.80. The van der Waals surface area contributed by atoms with Crippen LogP contribution in [0.2, 0.25) is 0 Å². The molecule has 0 aliphatic carbocycles. The molecule has 4 amide bonds. The van der Waals surface area contributed by atoms with Crippen molar-refractivity contribution in [3.63, 3.8) is 0 Å². The molecule has 2 aliphatic heterocycles. The molecule has 2 aromatic rings. The zero-order chi connectivity index (χ0) is 19.9. The predicted molar refractivity (Wildman–Crippen MR) is 107 cm³/mol. The second kappa shape index (κ2) is 7.05. The van der Waals surface area contributed by atoms with Crippen LogP contribution in [0, 0.1) is 0 Å². The first kappa shape index (κ1) is 18.7. The van der Waals surface area contributed by atoms with Gasteiger partial charge in [0, 0.05) is 17.6 Å². The molecular weight excluding hydrogens is 422 g/mol.